The number of likely N-dealkylation sites (tertiary alicyclic amines) is 3. The van der Waals surface area contributed by atoms with E-state index < -0.39 is 136 Å². The molecule has 0 spiro atoms. The van der Waals surface area contributed by atoms with E-state index in [1.165, 1.54) is 63.2 Å². The van der Waals surface area contributed by atoms with Crippen molar-refractivity contribution in [2.24, 2.45) is 29.6 Å². The maximum absolute atomic E-state index is 14.4. The molecule has 0 aromatic heterocycles. The average molecular weight is 1130 g/mol. The minimum Gasteiger partial charge on any atom is -0.394 e. The molecule has 3 rings (SSSR count). The van der Waals surface area contributed by atoms with Crippen molar-refractivity contribution in [3.63, 3.8) is 0 Å². The molecule has 3 saturated heterocycles. The van der Waals surface area contributed by atoms with Crippen LogP contribution in [-0.2, 0) is 52.7 Å². The van der Waals surface area contributed by atoms with E-state index in [9.17, 15) is 57.8 Å². The summed E-state index contributed by atoms with van der Waals surface area (Å²) in [7, 11) is 0. The summed E-state index contributed by atoms with van der Waals surface area (Å²) in [4.78, 5) is 156. The van der Waals surface area contributed by atoms with Gasteiger partial charge in [-0.15, -0.1) is 0 Å². The third-order valence-electron chi connectivity index (χ3n) is 15.4. The zero-order valence-electron chi connectivity index (χ0n) is 51.0. The number of aliphatic hydroxyl groups excluding tert-OH is 1. The van der Waals surface area contributed by atoms with Crippen LogP contribution in [0.4, 0.5) is 0 Å². The lowest BCUT2D eigenvalue weighted by molar-refractivity contribution is -0.147. The van der Waals surface area contributed by atoms with E-state index in [-0.39, 0.29) is 56.2 Å². The number of rotatable bonds is 27. The molecule has 0 aromatic carbocycles. The largest absolute Gasteiger partial charge is 0.394 e. The van der Waals surface area contributed by atoms with Crippen molar-refractivity contribution in [3.8, 4) is 0 Å². The monoisotopic (exact) mass is 1130 g/mol. The third-order valence-corrected chi connectivity index (χ3v) is 15.4. The summed E-state index contributed by atoms with van der Waals surface area (Å²) < 4.78 is 0. The zero-order valence-corrected chi connectivity index (χ0v) is 51.0. The standard InChI is InChI=1S/C57H99N11O12/c1-18-35(10)44(58-36(11)70)51(77)65-57(16,17)54(80)68-27-21-24-41(68)48(74)62-43(34(8)9)50(76)64-56(14,15)53(79)67-26-20-23-40(67)47(73)60-38(29-32(4)5)45(71)61-42(33(6)7)49(75)63-55(12,13)52(78)66-25-19-22-39(66)46(72)59-37(30-69)28-31(2)3/h31-35,37-44,69H,18-30H2,1-17H3,(H,58,70)(H,59,72)(H,60,73)(H,61,71)(H,62,74)(H,63,75)(H,64,76)(H,65,77)/t35-,37-,38-,39-,40-,41-,42-,43-,44-/m0/s1. The van der Waals surface area contributed by atoms with Gasteiger partial charge in [0.15, 0.2) is 0 Å². The molecule has 0 radical (unpaired) electrons. The Morgan fingerprint density at radius 3 is 1.16 bits per heavy atom. The first-order chi connectivity index (χ1) is 37.0. The molecule has 3 fully saturated rings. The van der Waals surface area contributed by atoms with Crippen molar-refractivity contribution in [3.05, 3.63) is 0 Å². The lowest BCUT2D eigenvalue weighted by atomic mass is 9.95. The van der Waals surface area contributed by atoms with Crippen LogP contribution in [0.2, 0.25) is 0 Å². The molecule has 9 N–H and O–H groups in total. The molecule has 3 heterocycles. The van der Waals surface area contributed by atoms with Crippen molar-refractivity contribution in [2.75, 3.05) is 26.2 Å². The molecule has 0 saturated carbocycles. The van der Waals surface area contributed by atoms with Crippen molar-refractivity contribution in [2.45, 2.75) is 240 Å². The summed E-state index contributed by atoms with van der Waals surface area (Å²) in [5, 5.41) is 32.2. The Labute approximate surface area is 474 Å². The number of carbonyl (C=O) groups is 11. The van der Waals surface area contributed by atoms with Gasteiger partial charge in [-0.1, -0.05) is 75.7 Å². The first-order valence-corrected chi connectivity index (χ1v) is 29.0. The summed E-state index contributed by atoms with van der Waals surface area (Å²) in [5.41, 5.74) is -4.56. The molecule has 3 aliphatic rings. The predicted octanol–water partition coefficient (Wildman–Crippen LogP) is 1.53. The van der Waals surface area contributed by atoms with E-state index in [1.807, 2.05) is 41.5 Å². The van der Waals surface area contributed by atoms with Crippen LogP contribution < -0.4 is 42.5 Å². The molecular weight excluding hydrogens is 1030 g/mol. The first kappa shape index (κ1) is 68.4. The van der Waals surface area contributed by atoms with Crippen molar-refractivity contribution < 1.29 is 57.8 Å². The molecule has 11 amide bonds. The molecule has 0 bridgehead atoms. The number of nitrogens with zero attached hydrogens (tertiary/aromatic N) is 3. The van der Waals surface area contributed by atoms with Crippen LogP contribution in [0.5, 0.6) is 0 Å². The molecule has 9 atom stereocenters. The molecule has 3 aliphatic heterocycles. The number of aliphatic hydroxyl groups is 1. The Bertz CT molecular complexity index is 2250. The summed E-state index contributed by atoms with van der Waals surface area (Å²) in [6.45, 7) is 29.1. The molecular formula is C57H99N11O12. The summed E-state index contributed by atoms with van der Waals surface area (Å²) >= 11 is 0. The van der Waals surface area contributed by atoms with E-state index in [4.69, 9.17) is 0 Å². The maximum atomic E-state index is 14.4. The van der Waals surface area contributed by atoms with E-state index in [0.717, 1.165) is 0 Å². The third kappa shape index (κ3) is 18.3. The second-order valence-corrected chi connectivity index (χ2v) is 25.5. The smallest absolute Gasteiger partial charge is 0.248 e. The Hall–Kier alpha value is -5.87. The summed E-state index contributed by atoms with van der Waals surface area (Å²) in [5.74, 6) is -7.14. The van der Waals surface area contributed by atoms with Gasteiger partial charge in [0, 0.05) is 26.6 Å². The number of nitrogens with one attached hydrogen (secondary N) is 8. The highest BCUT2D eigenvalue weighted by molar-refractivity contribution is 6.01. The normalized spacial score (nSPS) is 20.1. The molecule has 80 heavy (non-hydrogen) atoms. The molecule has 0 aromatic rings. The SMILES string of the molecule is CC[C@H](C)[C@H](NC(C)=O)C(=O)NC(C)(C)C(=O)N1CCC[C@H]1C(=O)N[C@H](C(=O)NC(C)(C)C(=O)N1CCC[C@H]1C(=O)N[C@@H](CC(C)C)C(=O)N[C@H](C(=O)NC(C)(C)C(=O)N1CCC[C@H]1C(=O)N[C@H](CO)CC(C)C)C(C)C)C(C)C. The van der Waals surface area contributed by atoms with Crippen LogP contribution in [0.3, 0.4) is 0 Å². The molecule has 454 valence electrons. The Kier molecular flexibility index (Phi) is 25.0. The van der Waals surface area contributed by atoms with Crippen LogP contribution in [0, 0.1) is 29.6 Å². The summed E-state index contributed by atoms with van der Waals surface area (Å²) in [6, 6.07) is -7.58. The minimum absolute atomic E-state index is 0.108. The second kappa shape index (κ2) is 29.2. The van der Waals surface area contributed by atoms with E-state index >= 15 is 0 Å². The first-order valence-electron chi connectivity index (χ1n) is 29.0. The molecule has 23 heteroatoms. The van der Waals surface area contributed by atoms with E-state index in [2.05, 4.69) is 42.5 Å². The number of hydrogen-bond acceptors (Lipinski definition) is 12. The average Bonchev–Trinajstić information content (AvgIpc) is 4.17. The number of carbonyl (C=O) groups excluding carboxylic acids is 11. The number of amides is 11. The highest BCUT2D eigenvalue weighted by Crippen LogP contribution is 2.27. The molecule has 23 nitrogen and oxygen atoms in total. The van der Waals surface area contributed by atoms with Gasteiger partial charge in [0.2, 0.25) is 65.0 Å². The van der Waals surface area contributed by atoms with Crippen molar-refractivity contribution in [1.29, 1.82) is 0 Å². The van der Waals surface area contributed by atoms with Gasteiger partial charge < -0.3 is 62.3 Å². The fraction of sp³-hybridized carbons (Fsp3) is 0.807. The van der Waals surface area contributed by atoms with Crippen LogP contribution in [0.1, 0.15) is 175 Å². The van der Waals surface area contributed by atoms with E-state index in [1.54, 1.807) is 27.7 Å². The minimum atomic E-state index is -1.60. The maximum Gasteiger partial charge on any atom is 0.248 e. The van der Waals surface area contributed by atoms with Gasteiger partial charge in [-0.3, -0.25) is 52.7 Å². The van der Waals surface area contributed by atoms with Gasteiger partial charge in [0.05, 0.1) is 12.6 Å². The highest BCUT2D eigenvalue weighted by Gasteiger charge is 2.47. The van der Waals surface area contributed by atoms with Crippen LogP contribution in [-0.4, -0.2) is 176 Å². The Morgan fingerprint density at radius 1 is 0.475 bits per heavy atom. The Morgan fingerprint density at radius 2 is 0.825 bits per heavy atom. The predicted molar refractivity (Wildman–Crippen MR) is 301 cm³/mol. The van der Waals surface area contributed by atoms with Crippen LogP contribution in [0.15, 0.2) is 0 Å². The van der Waals surface area contributed by atoms with Gasteiger partial charge in [-0.05, 0) is 122 Å². The summed E-state index contributed by atoms with van der Waals surface area (Å²) in [6.07, 6.45) is 3.78. The van der Waals surface area contributed by atoms with E-state index in [0.29, 0.717) is 51.5 Å². The van der Waals surface area contributed by atoms with Crippen molar-refractivity contribution >= 4 is 65.0 Å². The highest BCUT2D eigenvalue weighted by atomic mass is 16.3. The van der Waals surface area contributed by atoms with Gasteiger partial charge in [-0.25, -0.2) is 0 Å². The second-order valence-electron chi connectivity index (χ2n) is 25.5. The number of hydrogen-bond donors (Lipinski definition) is 9. The molecule has 0 unspecified atom stereocenters. The lowest BCUT2D eigenvalue weighted by Crippen LogP contribution is -2.64. The topological polar surface area (TPSA) is 314 Å². The van der Waals surface area contributed by atoms with Gasteiger partial charge in [0.1, 0.15) is 58.9 Å². The fourth-order valence-corrected chi connectivity index (χ4v) is 10.8. The fourth-order valence-electron chi connectivity index (χ4n) is 10.8. The van der Waals surface area contributed by atoms with Crippen LogP contribution in [0.25, 0.3) is 0 Å². The van der Waals surface area contributed by atoms with Crippen molar-refractivity contribution in [1.82, 2.24) is 57.2 Å². The Balaban J connectivity index is 1.72. The molecule has 0 aliphatic carbocycles. The zero-order chi connectivity index (χ0) is 60.9. The quantitative estimate of drug-likeness (QED) is 0.0566. The van der Waals surface area contributed by atoms with Crippen LogP contribution >= 0.6 is 0 Å². The lowest BCUT2D eigenvalue weighted by Gasteiger charge is -2.36. The van der Waals surface area contributed by atoms with Gasteiger partial charge in [0.25, 0.3) is 0 Å². The van der Waals surface area contributed by atoms with Gasteiger partial charge in [-0.2, -0.15) is 0 Å². The van der Waals surface area contributed by atoms with Gasteiger partial charge >= 0.3 is 0 Å².